The Morgan fingerprint density at radius 3 is 2.06 bits per heavy atom. The van der Waals surface area contributed by atoms with Crippen molar-refractivity contribution in [3.8, 4) is 0 Å². The third-order valence-corrected chi connectivity index (χ3v) is 2.69. The van der Waals surface area contributed by atoms with E-state index in [0.717, 1.165) is 0 Å². The van der Waals surface area contributed by atoms with Gasteiger partial charge in [-0.2, -0.15) is 0 Å². The molecule has 16 heavy (non-hydrogen) atoms. The van der Waals surface area contributed by atoms with Crippen molar-refractivity contribution in [2.75, 3.05) is 7.11 Å². The van der Waals surface area contributed by atoms with E-state index in [1.54, 1.807) is 13.4 Å². The van der Waals surface area contributed by atoms with Gasteiger partial charge < -0.3 is 4.74 Å². The zero-order valence-electron chi connectivity index (χ0n) is 11.1. The van der Waals surface area contributed by atoms with Crippen LogP contribution in [0.25, 0.3) is 0 Å². The molecule has 0 N–H and O–H groups in total. The average molecular weight is 224 g/mol. The van der Waals surface area contributed by atoms with Crippen LogP contribution in [-0.4, -0.2) is 7.11 Å². The molecule has 0 aliphatic heterocycles. The fraction of sp³-hybridized carbons (Fsp3) is 0.733. The Labute approximate surface area is 102 Å². The zero-order chi connectivity index (χ0) is 11.9. The monoisotopic (exact) mass is 224 g/mol. The Morgan fingerprint density at radius 1 is 0.812 bits per heavy atom. The second-order valence-electron chi connectivity index (χ2n) is 4.26. The van der Waals surface area contributed by atoms with Gasteiger partial charge in [0.05, 0.1) is 13.4 Å². The van der Waals surface area contributed by atoms with E-state index in [9.17, 15) is 0 Å². The number of allylic oxidation sites excluding steroid dienone is 3. The maximum atomic E-state index is 4.80. The van der Waals surface area contributed by atoms with E-state index in [2.05, 4.69) is 19.1 Å². The Hall–Kier alpha value is -0.720. The van der Waals surface area contributed by atoms with E-state index in [0.29, 0.717) is 0 Å². The van der Waals surface area contributed by atoms with Crippen LogP contribution < -0.4 is 0 Å². The van der Waals surface area contributed by atoms with Crippen LogP contribution in [0.2, 0.25) is 0 Å². The first-order valence-corrected chi connectivity index (χ1v) is 6.76. The molecule has 0 saturated carbocycles. The van der Waals surface area contributed by atoms with Crippen LogP contribution in [-0.2, 0) is 4.74 Å². The molecule has 0 saturated heterocycles. The molecule has 0 fully saturated rings. The standard InChI is InChI=1S/C15H28O/c1-3-4-5-6-7-8-9-10-11-12-13-14-15-16-2/h12-15H,3-11H2,1-2H3. The fourth-order valence-electron chi connectivity index (χ4n) is 1.69. The lowest BCUT2D eigenvalue weighted by atomic mass is 10.1. The second-order valence-corrected chi connectivity index (χ2v) is 4.26. The molecule has 0 aromatic heterocycles. The first-order chi connectivity index (χ1) is 7.91. The van der Waals surface area contributed by atoms with Gasteiger partial charge in [0, 0.05) is 0 Å². The van der Waals surface area contributed by atoms with Gasteiger partial charge in [-0.25, -0.2) is 0 Å². The molecule has 0 spiro atoms. The van der Waals surface area contributed by atoms with Crippen molar-refractivity contribution in [2.45, 2.75) is 64.7 Å². The summed E-state index contributed by atoms with van der Waals surface area (Å²) >= 11 is 0. The molecule has 0 aromatic carbocycles. The zero-order valence-corrected chi connectivity index (χ0v) is 11.1. The van der Waals surface area contributed by atoms with Crippen molar-refractivity contribution in [3.63, 3.8) is 0 Å². The van der Waals surface area contributed by atoms with Gasteiger partial charge in [-0.3, -0.25) is 0 Å². The van der Waals surface area contributed by atoms with Crippen LogP contribution in [0.3, 0.4) is 0 Å². The largest absolute Gasteiger partial charge is 0.504 e. The highest BCUT2D eigenvalue weighted by molar-refractivity contribution is 4.99. The molecule has 0 atom stereocenters. The smallest absolute Gasteiger partial charge is 0.0824 e. The first kappa shape index (κ1) is 15.3. The van der Waals surface area contributed by atoms with E-state index in [1.165, 1.54) is 57.8 Å². The minimum atomic E-state index is 1.20. The van der Waals surface area contributed by atoms with Crippen LogP contribution in [0.1, 0.15) is 64.7 Å². The van der Waals surface area contributed by atoms with Crippen LogP contribution in [0.4, 0.5) is 0 Å². The highest BCUT2D eigenvalue weighted by Crippen LogP contribution is 2.09. The summed E-state index contributed by atoms with van der Waals surface area (Å²) in [6, 6.07) is 0. The summed E-state index contributed by atoms with van der Waals surface area (Å²) in [5.41, 5.74) is 0. The average Bonchev–Trinajstić information content (AvgIpc) is 2.31. The summed E-state index contributed by atoms with van der Waals surface area (Å²) in [5, 5.41) is 0. The molecule has 1 nitrogen and oxygen atoms in total. The van der Waals surface area contributed by atoms with Gasteiger partial charge in [-0.15, -0.1) is 0 Å². The van der Waals surface area contributed by atoms with Gasteiger partial charge in [-0.1, -0.05) is 64.0 Å². The third kappa shape index (κ3) is 13.3. The molecule has 0 bridgehead atoms. The lowest BCUT2D eigenvalue weighted by molar-refractivity contribution is 0.338. The summed E-state index contributed by atoms with van der Waals surface area (Å²) in [6.45, 7) is 2.27. The predicted molar refractivity (Wildman–Crippen MR) is 72.5 cm³/mol. The third-order valence-electron chi connectivity index (χ3n) is 2.69. The highest BCUT2D eigenvalue weighted by atomic mass is 16.5. The molecule has 0 amide bonds. The van der Waals surface area contributed by atoms with Crippen molar-refractivity contribution in [2.24, 2.45) is 0 Å². The van der Waals surface area contributed by atoms with Gasteiger partial charge >= 0.3 is 0 Å². The van der Waals surface area contributed by atoms with Gasteiger partial charge in [0.25, 0.3) is 0 Å². The minimum Gasteiger partial charge on any atom is -0.504 e. The van der Waals surface area contributed by atoms with Gasteiger partial charge in [0.2, 0.25) is 0 Å². The number of hydrogen-bond acceptors (Lipinski definition) is 1. The van der Waals surface area contributed by atoms with Crippen LogP contribution in [0.5, 0.6) is 0 Å². The van der Waals surface area contributed by atoms with Crippen molar-refractivity contribution in [3.05, 3.63) is 24.5 Å². The van der Waals surface area contributed by atoms with Gasteiger partial charge in [0.1, 0.15) is 0 Å². The fourth-order valence-corrected chi connectivity index (χ4v) is 1.69. The van der Waals surface area contributed by atoms with E-state index in [1.807, 2.05) is 6.08 Å². The summed E-state index contributed by atoms with van der Waals surface area (Å²) in [5.74, 6) is 0. The Balaban J connectivity index is 3.03. The maximum Gasteiger partial charge on any atom is 0.0824 e. The summed E-state index contributed by atoms with van der Waals surface area (Å²) in [6.07, 6.45) is 20.3. The molecule has 0 aromatic rings. The highest BCUT2D eigenvalue weighted by Gasteiger charge is 1.89. The quantitative estimate of drug-likeness (QED) is 0.265. The summed E-state index contributed by atoms with van der Waals surface area (Å²) in [7, 11) is 1.67. The van der Waals surface area contributed by atoms with Crippen molar-refractivity contribution in [1.29, 1.82) is 0 Å². The second kappa shape index (κ2) is 14.3. The van der Waals surface area contributed by atoms with E-state index >= 15 is 0 Å². The molecular formula is C15H28O. The van der Waals surface area contributed by atoms with Gasteiger partial charge in [-0.05, 0) is 18.9 Å². The molecule has 0 unspecified atom stereocenters. The summed E-state index contributed by atoms with van der Waals surface area (Å²) in [4.78, 5) is 0. The van der Waals surface area contributed by atoms with Crippen LogP contribution in [0.15, 0.2) is 24.5 Å². The van der Waals surface area contributed by atoms with Crippen LogP contribution in [0, 0.1) is 0 Å². The Bertz CT molecular complexity index is 170. The summed E-state index contributed by atoms with van der Waals surface area (Å²) < 4.78 is 4.80. The Kier molecular flexibility index (Phi) is 13.6. The predicted octanol–water partition coefficient (Wildman–Crippen LogP) is 5.23. The number of hydrogen-bond donors (Lipinski definition) is 0. The molecule has 0 rings (SSSR count). The maximum absolute atomic E-state index is 4.80. The first-order valence-electron chi connectivity index (χ1n) is 6.76. The Morgan fingerprint density at radius 2 is 1.44 bits per heavy atom. The molecular weight excluding hydrogens is 196 g/mol. The molecule has 1 heteroatoms. The topological polar surface area (TPSA) is 9.23 Å². The van der Waals surface area contributed by atoms with E-state index in [4.69, 9.17) is 4.74 Å². The van der Waals surface area contributed by atoms with Crippen molar-refractivity contribution in [1.82, 2.24) is 0 Å². The number of ether oxygens (including phenoxy) is 1. The van der Waals surface area contributed by atoms with Crippen molar-refractivity contribution < 1.29 is 4.74 Å². The lowest BCUT2D eigenvalue weighted by Gasteiger charge is -1.99. The number of methoxy groups -OCH3 is 1. The minimum absolute atomic E-state index is 1.20. The normalized spacial score (nSPS) is 11.6. The molecule has 0 aliphatic rings. The van der Waals surface area contributed by atoms with E-state index < -0.39 is 0 Å². The molecule has 0 heterocycles. The van der Waals surface area contributed by atoms with E-state index in [-0.39, 0.29) is 0 Å². The molecule has 0 aliphatic carbocycles. The number of rotatable bonds is 11. The lowest BCUT2D eigenvalue weighted by Crippen LogP contribution is -1.79. The molecule has 0 radical (unpaired) electrons. The number of unbranched alkanes of at least 4 members (excludes halogenated alkanes) is 8. The molecule has 94 valence electrons. The SMILES string of the molecule is CCCCCCCCCCC=CC=COC. The van der Waals surface area contributed by atoms with Gasteiger partial charge in [0.15, 0.2) is 0 Å². The van der Waals surface area contributed by atoms with Crippen molar-refractivity contribution >= 4 is 0 Å². The van der Waals surface area contributed by atoms with Crippen LogP contribution >= 0.6 is 0 Å².